The smallest absolute Gasteiger partial charge is 0.228 e. The second-order valence-electron chi connectivity index (χ2n) is 7.28. The molecule has 1 aromatic heterocycles. The van der Waals surface area contributed by atoms with Gasteiger partial charge in [0.1, 0.15) is 0 Å². The van der Waals surface area contributed by atoms with Crippen LogP contribution in [0.25, 0.3) is 0 Å². The van der Waals surface area contributed by atoms with Gasteiger partial charge in [0.25, 0.3) is 0 Å². The molecule has 2 aliphatic carbocycles. The number of ether oxygens (including phenoxy) is 2. The van der Waals surface area contributed by atoms with Crippen molar-refractivity contribution in [1.29, 1.82) is 0 Å². The number of hydrogen-bond acceptors (Lipinski definition) is 4. The Balaban J connectivity index is 1.42. The number of nitrogens with zero attached hydrogens (tertiary/aromatic N) is 2. The van der Waals surface area contributed by atoms with Crippen LogP contribution in [0.5, 0.6) is 11.5 Å². The number of anilines is 1. The van der Waals surface area contributed by atoms with Gasteiger partial charge in [0.2, 0.25) is 5.91 Å². The normalized spacial score (nSPS) is 22.2. The van der Waals surface area contributed by atoms with E-state index in [1.165, 1.54) is 12.8 Å². The van der Waals surface area contributed by atoms with E-state index < -0.39 is 0 Å². The molecule has 26 heavy (non-hydrogen) atoms. The van der Waals surface area contributed by atoms with Crippen molar-refractivity contribution in [3.63, 3.8) is 0 Å². The lowest BCUT2D eigenvalue weighted by molar-refractivity contribution is -0.117. The molecule has 2 aliphatic rings. The zero-order valence-electron chi connectivity index (χ0n) is 15.3. The minimum Gasteiger partial charge on any atom is -0.493 e. The minimum absolute atomic E-state index is 0.0144. The Labute approximate surface area is 153 Å². The minimum atomic E-state index is 0.0144. The molecule has 0 saturated heterocycles. The quantitative estimate of drug-likeness (QED) is 0.861. The van der Waals surface area contributed by atoms with Crippen molar-refractivity contribution in [1.82, 2.24) is 9.78 Å². The van der Waals surface area contributed by atoms with Crippen LogP contribution < -0.4 is 14.8 Å². The summed E-state index contributed by atoms with van der Waals surface area (Å²) in [6.45, 7) is 0. The average molecular weight is 355 g/mol. The maximum absolute atomic E-state index is 12.6. The molecule has 0 spiro atoms. The van der Waals surface area contributed by atoms with Gasteiger partial charge in [-0.2, -0.15) is 5.10 Å². The summed E-state index contributed by atoms with van der Waals surface area (Å²) in [5.74, 6) is 1.75. The molecule has 0 aliphatic heterocycles. The largest absolute Gasteiger partial charge is 0.493 e. The van der Waals surface area contributed by atoms with Gasteiger partial charge in [-0.3, -0.25) is 9.48 Å². The summed E-state index contributed by atoms with van der Waals surface area (Å²) in [4.78, 5) is 12.6. The van der Waals surface area contributed by atoms with Crippen molar-refractivity contribution in [2.45, 2.75) is 44.1 Å². The van der Waals surface area contributed by atoms with Crippen LogP contribution in [-0.2, 0) is 11.8 Å². The van der Waals surface area contributed by atoms with E-state index in [0.717, 1.165) is 30.5 Å². The first-order valence-corrected chi connectivity index (χ1v) is 9.28. The molecule has 138 valence electrons. The van der Waals surface area contributed by atoms with E-state index in [4.69, 9.17) is 9.47 Å². The second kappa shape index (κ2) is 7.02. The van der Waals surface area contributed by atoms with E-state index in [2.05, 4.69) is 10.4 Å². The second-order valence-corrected chi connectivity index (χ2v) is 7.28. The highest BCUT2D eigenvalue weighted by Crippen LogP contribution is 2.48. The first-order chi connectivity index (χ1) is 12.6. The maximum atomic E-state index is 12.6. The van der Waals surface area contributed by atoms with Crippen LogP contribution >= 0.6 is 0 Å². The fourth-order valence-electron chi connectivity index (χ4n) is 3.75. The average Bonchev–Trinajstić information content (AvgIpc) is 3.04. The van der Waals surface area contributed by atoms with E-state index in [1.807, 2.05) is 37.6 Å². The lowest BCUT2D eigenvalue weighted by Gasteiger charge is -2.17. The third kappa shape index (κ3) is 3.54. The zero-order valence-corrected chi connectivity index (χ0v) is 15.3. The predicted octanol–water partition coefficient (Wildman–Crippen LogP) is 3.49. The molecule has 1 N–H and O–H groups in total. The molecule has 2 fully saturated rings. The van der Waals surface area contributed by atoms with Crippen LogP contribution in [0.4, 0.5) is 5.69 Å². The van der Waals surface area contributed by atoms with Crippen molar-refractivity contribution in [2.75, 3.05) is 12.4 Å². The number of aromatic nitrogens is 2. The molecule has 4 rings (SSSR count). The molecule has 0 radical (unpaired) electrons. The lowest BCUT2D eigenvalue weighted by atomic mass is 10.2. The van der Waals surface area contributed by atoms with Gasteiger partial charge in [-0.25, -0.2) is 0 Å². The van der Waals surface area contributed by atoms with E-state index in [0.29, 0.717) is 11.5 Å². The Bertz CT molecular complexity index is 795. The van der Waals surface area contributed by atoms with Crippen LogP contribution in [0.2, 0.25) is 0 Å². The van der Waals surface area contributed by atoms with Crippen molar-refractivity contribution in [2.24, 2.45) is 13.0 Å². The topological polar surface area (TPSA) is 65.4 Å². The first-order valence-electron chi connectivity index (χ1n) is 9.28. The summed E-state index contributed by atoms with van der Waals surface area (Å²) < 4.78 is 13.3. The molecular weight excluding hydrogens is 330 g/mol. The van der Waals surface area contributed by atoms with Gasteiger partial charge >= 0.3 is 0 Å². The number of aryl methyl sites for hydroxylation is 1. The highest BCUT2D eigenvalue weighted by molar-refractivity contribution is 5.95. The fourth-order valence-corrected chi connectivity index (χ4v) is 3.75. The number of hydrogen-bond donors (Lipinski definition) is 1. The van der Waals surface area contributed by atoms with Gasteiger partial charge in [0.15, 0.2) is 11.5 Å². The van der Waals surface area contributed by atoms with Crippen LogP contribution in [0.3, 0.4) is 0 Å². The van der Waals surface area contributed by atoms with Crippen molar-refractivity contribution in [3.05, 3.63) is 36.2 Å². The molecule has 6 nitrogen and oxygen atoms in total. The SMILES string of the molecule is COc1ccc(NC(=O)[C@@H]2C[C@H]2c2cnn(C)c2)cc1OC1CCCC1. The maximum Gasteiger partial charge on any atom is 0.228 e. The highest BCUT2D eigenvalue weighted by atomic mass is 16.5. The molecule has 0 unspecified atom stereocenters. The van der Waals surface area contributed by atoms with E-state index in [1.54, 1.807) is 11.8 Å². The van der Waals surface area contributed by atoms with Crippen LogP contribution in [0, 0.1) is 5.92 Å². The predicted molar refractivity (Wildman–Crippen MR) is 98.6 cm³/mol. The number of carbonyl (C=O) groups excluding carboxylic acids is 1. The van der Waals surface area contributed by atoms with Gasteiger partial charge in [-0.15, -0.1) is 0 Å². The zero-order chi connectivity index (χ0) is 18.1. The van der Waals surface area contributed by atoms with Crippen LogP contribution in [0.1, 0.15) is 43.6 Å². The molecule has 1 aromatic carbocycles. The Morgan fingerprint density at radius 2 is 2.08 bits per heavy atom. The summed E-state index contributed by atoms with van der Waals surface area (Å²) in [5, 5.41) is 7.21. The first kappa shape index (κ1) is 16.9. The van der Waals surface area contributed by atoms with Gasteiger partial charge in [-0.05, 0) is 55.7 Å². The van der Waals surface area contributed by atoms with E-state index in [9.17, 15) is 4.79 Å². The molecular formula is C20H25N3O3. The molecule has 2 aromatic rings. The summed E-state index contributed by atoms with van der Waals surface area (Å²) >= 11 is 0. The number of rotatable bonds is 6. The third-order valence-corrected chi connectivity index (χ3v) is 5.31. The Morgan fingerprint density at radius 1 is 1.27 bits per heavy atom. The van der Waals surface area contributed by atoms with Crippen molar-refractivity contribution < 1.29 is 14.3 Å². The third-order valence-electron chi connectivity index (χ3n) is 5.31. The monoisotopic (exact) mass is 355 g/mol. The number of nitrogens with one attached hydrogen (secondary N) is 1. The Hall–Kier alpha value is -2.50. The fraction of sp³-hybridized carbons (Fsp3) is 0.500. The summed E-state index contributed by atoms with van der Waals surface area (Å²) in [5.41, 5.74) is 1.88. The number of carbonyl (C=O) groups is 1. The molecule has 1 amide bonds. The van der Waals surface area contributed by atoms with Gasteiger partial charge < -0.3 is 14.8 Å². The van der Waals surface area contributed by atoms with Gasteiger partial charge in [0, 0.05) is 30.9 Å². The summed E-state index contributed by atoms with van der Waals surface area (Å²) in [6, 6.07) is 5.58. The van der Waals surface area contributed by atoms with Gasteiger partial charge in [-0.1, -0.05) is 0 Å². The summed E-state index contributed by atoms with van der Waals surface area (Å²) in [7, 11) is 3.53. The van der Waals surface area contributed by atoms with E-state index in [-0.39, 0.29) is 23.8 Å². The summed E-state index contributed by atoms with van der Waals surface area (Å²) in [6.07, 6.45) is 9.52. The van der Waals surface area contributed by atoms with Gasteiger partial charge in [0.05, 0.1) is 19.4 Å². The van der Waals surface area contributed by atoms with Crippen LogP contribution in [0.15, 0.2) is 30.6 Å². The number of benzene rings is 1. The Morgan fingerprint density at radius 3 is 2.77 bits per heavy atom. The van der Waals surface area contributed by atoms with E-state index >= 15 is 0 Å². The molecule has 2 atom stereocenters. The molecule has 2 saturated carbocycles. The van der Waals surface area contributed by atoms with Crippen molar-refractivity contribution in [3.8, 4) is 11.5 Å². The lowest BCUT2D eigenvalue weighted by Crippen LogP contribution is -2.15. The van der Waals surface area contributed by atoms with Crippen LogP contribution in [-0.4, -0.2) is 28.9 Å². The molecule has 0 bridgehead atoms. The molecule has 1 heterocycles. The van der Waals surface area contributed by atoms with Crippen molar-refractivity contribution >= 4 is 11.6 Å². The highest BCUT2D eigenvalue weighted by Gasteiger charge is 2.44. The Kier molecular flexibility index (Phi) is 4.57. The standard InChI is InChI=1S/C20H25N3O3/c1-23-12-13(11-21-23)16-10-17(16)20(24)22-14-7-8-18(25-2)19(9-14)26-15-5-3-4-6-15/h7-9,11-12,15-17H,3-6,10H2,1-2H3,(H,22,24)/t16-,17+/m0/s1. The number of amides is 1. The molecule has 6 heteroatoms. The number of methoxy groups -OCH3 is 1.